The van der Waals surface area contributed by atoms with Crippen molar-refractivity contribution >= 4 is 35.6 Å². The van der Waals surface area contributed by atoms with Gasteiger partial charge in [0, 0.05) is 67.7 Å². The van der Waals surface area contributed by atoms with E-state index in [-0.39, 0.29) is 18.3 Å². The molecule has 0 bridgehead atoms. The van der Waals surface area contributed by atoms with Crippen molar-refractivity contribution in [3.8, 4) is 0 Å². The zero-order valence-electron chi connectivity index (χ0n) is 13.8. The molecule has 8 heteroatoms. The SMILES string of the molecule is Cl.O=C(c1n[nH]c2c1CNCC2)N1CCN(c2cccc(Cl)c2)CC1. The van der Waals surface area contributed by atoms with Gasteiger partial charge in [0.25, 0.3) is 5.91 Å². The molecule has 1 amide bonds. The van der Waals surface area contributed by atoms with E-state index in [2.05, 4.69) is 26.5 Å². The molecule has 2 aliphatic rings. The van der Waals surface area contributed by atoms with Crippen LogP contribution < -0.4 is 10.2 Å². The summed E-state index contributed by atoms with van der Waals surface area (Å²) >= 11 is 6.07. The largest absolute Gasteiger partial charge is 0.368 e. The van der Waals surface area contributed by atoms with E-state index < -0.39 is 0 Å². The maximum absolute atomic E-state index is 12.8. The first kappa shape index (κ1) is 18.0. The number of H-pyrrole nitrogens is 1. The molecule has 0 radical (unpaired) electrons. The van der Waals surface area contributed by atoms with Gasteiger partial charge in [-0.15, -0.1) is 12.4 Å². The molecular weight excluding hydrogens is 361 g/mol. The molecule has 1 fully saturated rings. The number of piperazine rings is 1. The second kappa shape index (κ2) is 7.64. The van der Waals surface area contributed by atoms with Gasteiger partial charge in [-0.25, -0.2) is 0 Å². The molecule has 2 aromatic rings. The van der Waals surface area contributed by atoms with E-state index in [1.54, 1.807) is 0 Å². The lowest BCUT2D eigenvalue weighted by Crippen LogP contribution is -2.49. The molecule has 0 aliphatic carbocycles. The molecule has 2 N–H and O–H groups in total. The van der Waals surface area contributed by atoms with Crippen LogP contribution in [0.4, 0.5) is 5.69 Å². The Kier molecular flexibility index (Phi) is 5.51. The number of aromatic nitrogens is 2. The number of benzene rings is 1. The fourth-order valence-corrected chi connectivity index (χ4v) is 3.58. The predicted octanol–water partition coefficient (Wildman–Crippen LogP) is 2.09. The van der Waals surface area contributed by atoms with Crippen LogP contribution in [0.5, 0.6) is 0 Å². The summed E-state index contributed by atoms with van der Waals surface area (Å²) < 4.78 is 0. The number of hydrogen-bond donors (Lipinski definition) is 2. The Labute approximate surface area is 157 Å². The number of fused-ring (bicyclic) bond motifs is 1. The molecule has 1 saturated heterocycles. The van der Waals surface area contributed by atoms with Gasteiger partial charge in [0.1, 0.15) is 0 Å². The van der Waals surface area contributed by atoms with Gasteiger partial charge in [0.2, 0.25) is 0 Å². The van der Waals surface area contributed by atoms with Crippen molar-refractivity contribution in [2.45, 2.75) is 13.0 Å². The minimum absolute atomic E-state index is 0. The third kappa shape index (κ3) is 3.61. The smallest absolute Gasteiger partial charge is 0.274 e. The molecule has 1 aromatic carbocycles. The number of halogens is 2. The number of aromatic amines is 1. The van der Waals surface area contributed by atoms with E-state index in [0.29, 0.717) is 18.8 Å². The summed E-state index contributed by atoms with van der Waals surface area (Å²) in [4.78, 5) is 17.0. The lowest BCUT2D eigenvalue weighted by molar-refractivity contribution is 0.0739. The van der Waals surface area contributed by atoms with E-state index in [1.807, 2.05) is 23.1 Å². The quantitative estimate of drug-likeness (QED) is 0.835. The Morgan fingerprint density at radius 1 is 1.20 bits per heavy atom. The minimum atomic E-state index is 0. The van der Waals surface area contributed by atoms with E-state index in [1.165, 1.54) is 0 Å². The number of anilines is 1. The zero-order valence-corrected chi connectivity index (χ0v) is 15.4. The molecule has 1 aromatic heterocycles. The van der Waals surface area contributed by atoms with Gasteiger partial charge < -0.3 is 15.1 Å². The van der Waals surface area contributed by atoms with E-state index in [4.69, 9.17) is 11.6 Å². The summed E-state index contributed by atoms with van der Waals surface area (Å²) in [5.74, 6) is 0.0296. The maximum atomic E-state index is 12.8. The standard InChI is InChI=1S/C17H20ClN5O.ClH/c18-12-2-1-3-13(10-12)22-6-8-23(9-7-22)17(24)16-14-11-19-5-4-15(14)20-21-16;/h1-3,10,19H,4-9,11H2,(H,20,21);1H. The highest BCUT2D eigenvalue weighted by molar-refractivity contribution is 6.30. The van der Waals surface area contributed by atoms with Gasteiger partial charge in [-0.1, -0.05) is 17.7 Å². The van der Waals surface area contributed by atoms with Crippen LogP contribution in [0.3, 0.4) is 0 Å². The van der Waals surface area contributed by atoms with Crippen LogP contribution in [0.2, 0.25) is 5.02 Å². The van der Waals surface area contributed by atoms with Gasteiger partial charge in [-0.05, 0) is 18.2 Å². The summed E-state index contributed by atoms with van der Waals surface area (Å²) in [6, 6.07) is 7.85. The number of carbonyl (C=O) groups is 1. The van der Waals surface area contributed by atoms with Crippen LogP contribution in [0.1, 0.15) is 21.7 Å². The predicted molar refractivity (Wildman–Crippen MR) is 101 cm³/mol. The van der Waals surface area contributed by atoms with Gasteiger partial charge in [0.05, 0.1) is 0 Å². The van der Waals surface area contributed by atoms with E-state index >= 15 is 0 Å². The molecule has 0 spiro atoms. The van der Waals surface area contributed by atoms with Gasteiger partial charge in [-0.2, -0.15) is 5.10 Å². The third-order valence-electron chi connectivity index (χ3n) is 4.75. The first-order chi connectivity index (χ1) is 11.7. The molecular formula is C17H21Cl2N5O. The van der Waals surface area contributed by atoms with Crippen LogP contribution in [0, 0.1) is 0 Å². The number of nitrogens with zero attached hydrogens (tertiary/aromatic N) is 3. The highest BCUT2D eigenvalue weighted by Crippen LogP contribution is 2.22. The van der Waals surface area contributed by atoms with Crippen LogP contribution in [-0.4, -0.2) is 53.7 Å². The van der Waals surface area contributed by atoms with Crippen molar-refractivity contribution in [1.29, 1.82) is 0 Å². The van der Waals surface area contributed by atoms with Gasteiger partial charge in [-0.3, -0.25) is 9.89 Å². The number of rotatable bonds is 2. The molecule has 2 aliphatic heterocycles. The van der Waals surface area contributed by atoms with Crippen molar-refractivity contribution in [3.63, 3.8) is 0 Å². The van der Waals surface area contributed by atoms with Gasteiger partial charge >= 0.3 is 0 Å². The highest BCUT2D eigenvalue weighted by atomic mass is 35.5. The Morgan fingerprint density at radius 3 is 2.76 bits per heavy atom. The van der Waals surface area contributed by atoms with Crippen molar-refractivity contribution in [1.82, 2.24) is 20.4 Å². The van der Waals surface area contributed by atoms with E-state index in [0.717, 1.165) is 54.6 Å². The Bertz CT molecular complexity index is 755. The molecule has 0 unspecified atom stereocenters. The zero-order chi connectivity index (χ0) is 16.5. The summed E-state index contributed by atoms with van der Waals surface area (Å²) in [5.41, 5.74) is 3.81. The third-order valence-corrected chi connectivity index (χ3v) is 4.98. The van der Waals surface area contributed by atoms with E-state index in [9.17, 15) is 4.79 Å². The highest BCUT2D eigenvalue weighted by Gasteiger charge is 2.28. The molecule has 25 heavy (non-hydrogen) atoms. The monoisotopic (exact) mass is 381 g/mol. The summed E-state index contributed by atoms with van der Waals surface area (Å²) in [7, 11) is 0. The topological polar surface area (TPSA) is 64.3 Å². The molecule has 3 heterocycles. The van der Waals surface area contributed by atoms with Crippen LogP contribution in [-0.2, 0) is 13.0 Å². The summed E-state index contributed by atoms with van der Waals surface area (Å²) in [6.07, 6.45) is 0.901. The van der Waals surface area contributed by atoms with Crippen molar-refractivity contribution in [3.05, 3.63) is 46.2 Å². The Morgan fingerprint density at radius 2 is 2.00 bits per heavy atom. The van der Waals surface area contributed by atoms with Crippen LogP contribution in [0.15, 0.2) is 24.3 Å². The number of nitrogens with one attached hydrogen (secondary N) is 2. The normalized spacial score (nSPS) is 17.0. The van der Waals surface area contributed by atoms with Crippen molar-refractivity contribution in [2.75, 3.05) is 37.6 Å². The second-order valence-electron chi connectivity index (χ2n) is 6.22. The van der Waals surface area contributed by atoms with Crippen LogP contribution >= 0.6 is 24.0 Å². The molecule has 0 atom stereocenters. The number of amides is 1. The average Bonchev–Trinajstić information content (AvgIpc) is 3.05. The van der Waals surface area contributed by atoms with Crippen molar-refractivity contribution < 1.29 is 4.79 Å². The minimum Gasteiger partial charge on any atom is -0.368 e. The number of carbonyl (C=O) groups excluding carboxylic acids is 1. The molecule has 4 rings (SSSR count). The second-order valence-corrected chi connectivity index (χ2v) is 6.65. The van der Waals surface area contributed by atoms with Crippen LogP contribution in [0.25, 0.3) is 0 Å². The molecule has 6 nitrogen and oxygen atoms in total. The maximum Gasteiger partial charge on any atom is 0.274 e. The lowest BCUT2D eigenvalue weighted by Gasteiger charge is -2.36. The van der Waals surface area contributed by atoms with Crippen molar-refractivity contribution in [2.24, 2.45) is 0 Å². The van der Waals surface area contributed by atoms with Gasteiger partial charge in [0.15, 0.2) is 5.69 Å². The average molecular weight is 382 g/mol. The summed E-state index contributed by atoms with van der Waals surface area (Å²) in [6.45, 7) is 4.64. The molecule has 0 saturated carbocycles. The number of hydrogen-bond acceptors (Lipinski definition) is 4. The fraction of sp³-hybridized carbons (Fsp3) is 0.412. The Hall–Kier alpha value is -1.76. The first-order valence-electron chi connectivity index (χ1n) is 8.29. The first-order valence-corrected chi connectivity index (χ1v) is 8.67. The lowest BCUT2D eigenvalue weighted by atomic mass is 10.1. The molecule has 134 valence electrons. The summed E-state index contributed by atoms with van der Waals surface area (Å²) in [5, 5.41) is 11.3. The fourth-order valence-electron chi connectivity index (χ4n) is 3.39. The Balaban J connectivity index is 0.00000182.